The Morgan fingerprint density at radius 1 is 1.58 bits per heavy atom. The average Bonchev–Trinajstić information content (AvgIpc) is 1.84. The highest BCUT2D eigenvalue weighted by Gasteiger charge is 2.11. The predicted molar refractivity (Wildman–Crippen MR) is 42.8 cm³/mol. The maximum absolute atomic E-state index is 10.6. The number of carboxylic acids is 1. The average molecular weight is 196 g/mol. The van der Waals surface area contributed by atoms with E-state index in [9.17, 15) is 13.2 Å². The molecular formula is C6H12O5S. The van der Waals surface area contributed by atoms with Crippen LogP contribution in [0, 0.1) is 0 Å². The summed E-state index contributed by atoms with van der Waals surface area (Å²) in [6.45, 7) is 1.27. The zero-order valence-corrected chi connectivity index (χ0v) is 7.80. The molecule has 0 radical (unpaired) electrons. The first-order valence-electron chi connectivity index (χ1n) is 3.35. The molecule has 0 aromatic carbocycles. The van der Waals surface area contributed by atoms with Crippen LogP contribution in [0.2, 0.25) is 0 Å². The third-order valence-corrected chi connectivity index (χ3v) is 2.08. The Kier molecular flexibility index (Phi) is 4.19. The zero-order chi connectivity index (χ0) is 9.78. The van der Waals surface area contributed by atoms with Crippen molar-refractivity contribution in [1.82, 2.24) is 0 Å². The molecule has 0 bridgehead atoms. The Morgan fingerprint density at radius 2 is 2.08 bits per heavy atom. The third-order valence-electron chi connectivity index (χ3n) is 1.17. The number of hydrogen-bond acceptors (Lipinski definition) is 4. The molecule has 1 atom stereocenters. The minimum atomic E-state index is -3.06. The second kappa shape index (κ2) is 4.42. The van der Waals surface area contributed by atoms with E-state index in [1.54, 1.807) is 0 Å². The molecule has 72 valence electrons. The molecule has 0 saturated carbocycles. The molecule has 0 heterocycles. The van der Waals surface area contributed by atoms with Crippen molar-refractivity contribution in [2.45, 2.75) is 13.0 Å². The summed E-state index contributed by atoms with van der Waals surface area (Å²) in [5, 5.41) is 8.34. The van der Waals surface area contributed by atoms with Crippen LogP contribution in [0.1, 0.15) is 6.92 Å². The normalized spacial score (nSPS) is 14.2. The number of sulfone groups is 1. The minimum Gasteiger partial charge on any atom is -0.479 e. The summed E-state index contributed by atoms with van der Waals surface area (Å²) in [6.07, 6.45) is 0.119. The molecule has 0 aromatic heterocycles. The molecule has 1 N–H and O–H groups in total. The first-order chi connectivity index (χ1) is 5.33. The van der Waals surface area contributed by atoms with E-state index in [0.717, 1.165) is 6.26 Å². The number of hydrogen-bond donors (Lipinski definition) is 1. The number of carboxylic acid groups (broad SMARTS) is 1. The van der Waals surface area contributed by atoms with Gasteiger partial charge in [-0.05, 0) is 6.92 Å². The van der Waals surface area contributed by atoms with Gasteiger partial charge in [0.05, 0.1) is 12.4 Å². The fourth-order valence-electron chi connectivity index (χ4n) is 0.448. The van der Waals surface area contributed by atoms with Crippen molar-refractivity contribution in [3.8, 4) is 0 Å². The smallest absolute Gasteiger partial charge is 0.332 e. The Hall–Kier alpha value is -0.620. The van der Waals surface area contributed by atoms with Gasteiger partial charge < -0.3 is 9.84 Å². The highest BCUT2D eigenvalue weighted by molar-refractivity contribution is 7.90. The van der Waals surface area contributed by atoms with Gasteiger partial charge in [0.1, 0.15) is 9.84 Å². The molecule has 0 aromatic rings. The van der Waals surface area contributed by atoms with E-state index in [2.05, 4.69) is 0 Å². The van der Waals surface area contributed by atoms with E-state index in [1.807, 2.05) is 0 Å². The van der Waals surface area contributed by atoms with Crippen molar-refractivity contribution in [3.63, 3.8) is 0 Å². The SMILES string of the molecule is CC(OCCS(C)(=O)=O)C(=O)O. The van der Waals surface area contributed by atoms with Gasteiger partial charge in [0, 0.05) is 6.26 Å². The molecule has 0 saturated heterocycles. The molecule has 0 aliphatic heterocycles. The summed E-state index contributed by atoms with van der Waals surface area (Å²) < 4.78 is 25.8. The maximum Gasteiger partial charge on any atom is 0.332 e. The summed E-state index contributed by atoms with van der Waals surface area (Å²) in [4.78, 5) is 10.2. The standard InChI is InChI=1S/C6H12O5S/c1-5(6(7)8)11-3-4-12(2,9)10/h5H,3-4H2,1-2H3,(H,7,8). The molecule has 1 unspecified atom stereocenters. The van der Waals surface area contributed by atoms with E-state index in [1.165, 1.54) is 6.92 Å². The van der Waals surface area contributed by atoms with Crippen molar-refractivity contribution in [2.75, 3.05) is 18.6 Å². The summed E-state index contributed by atoms with van der Waals surface area (Å²) in [6, 6.07) is 0. The lowest BCUT2D eigenvalue weighted by atomic mass is 10.4. The molecule has 12 heavy (non-hydrogen) atoms. The molecule has 0 aliphatic carbocycles. The van der Waals surface area contributed by atoms with Gasteiger partial charge >= 0.3 is 5.97 Å². The summed E-state index contributed by atoms with van der Waals surface area (Å²) in [5.41, 5.74) is 0. The van der Waals surface area contributed by atoms with Crippen LogP contribution in [0.3, 0.4) is 0 Å². The number of carbonyl (C=O) groups is 1. The van der Waals surface area contributed by atoms with E-state index >= 15 is 0 Å². The molecule has 0 spiro atoms. The maximum atomic E-state index is 10.6. The lowest BCUT2D eigenvalue weighted by Crippen LogP contribution is -2.23. The minimum absolute atomic E-state index is 0.0771. The Bertz CT molecular complexity index is 243. The molecule has 5 nitrogen and oxygen atoms in total. The van der Waals surface area contributed by atoms with Gasteiger partial charge in [0.25, 0.3) is 0 Å². The largest absolute Gasteiger partial charge is 0.479 e. The van der Waals surface area contributed by atoms with Gasteiger partial charge in [-0.25, -0.2) is 13.2 Å². The number of aliphatic carboxylic acids is 1. The van der Waals surface area contributed by atoms with Crippen LogP contribution in [0.4, 0.5) is 0 Å². The monoisotopic (exact) mass is 196 g/mol. The fourth-order valence-corrected chi connectivity index (χ4v) is 0.847. The van der Waals surface area contributed by atoms with E-state index in [4.69, 9.17) is 9.84 Å². The first kappa shape index (κ1) is 11.4. The van der Waals surface area contributed by atoms with E-state index < -0.39 is 21.9 Å². The zero-order valence-electron chi connectivity index (χ0n) is 6.98. The molecule has 6 heteroatoms. The summed E-state index contributed by atoms with van der Waals surface area (Å²) in [7, 11) is -3.06. The lowest BCUT2D eigenvalue weighted by molar-refractivity contribution is -0.148. The van der Waals surface area contributed by atoms with Crippen LogP contribution in [0.25, 0.3) is 0 Å². The van der Waals surface area contributed by atoms with Crippen molar-refractivity contribution >= 4 is 15.8 Å². The summed E-state index contributed by atoms with van der Waals surface area (Å²) >= 11 is 0. The van der Waals surface area contributed by atoms with Gasteiger partial charge in [-0.1, -0.05) is 0 Å². The van der Waals surface area contributed by atoms with Crippen LogP contribution < -0.4 is 0 Å². The Morgan fingerprint density at radius 3 is 2.42 bits per heavy atom. The molecule has 0 rings (SSSR count). The highest BCUT2D eigenvalue weighted by Crippen LogP contribution is 1.91. The van der Waals surface area contributed by atoms with Gasteiger partial charge in [-0.3, -0.25) is 0 Å². The Labute approximate surface area is 71.3 Å². The second-order valence-electron chi connectivity index (χ2n) is 2.48. The van der Waals surface area contributed by atoms with Crippen LogP contribution in [0.5, 0.6) is 0 Å². The van der Waals surface area contributed by atoms with Crippen molar-refractivity contribution in [3.05, 3.63) is 0 Å². The van der Waals surface area contributed by atoms with Gasteiger partial charge in [-0.2, -0.15) is 0 Å². The number of ether oxygens (including phenoxy) is 1. The van der Waals surface area contributed by atoms with Crippen molar-refractivity contribution in [2.24, 2.45) is 0 Å². The lowest BCUT2D eigenvalue weighted by Gasteiger charge is -2.06. The highest BCUT2D eigenvalue weighted by atomic mass is 32.2. The van der Waals surface area contributed by atoms with Crippen LogP contribution in [-0.4, -0.2) is 44.2 Å². The molecule has 0 fully saturated rings. The van der Waals surface area contributed by atoms with Crippen LogP contribution in [0.15, 0.2) is 0 Å². The summed E-state index contributed by atoms with van der Waals surface area (Å²) in [5.74, 6) is -1.24. The van der Waals surface area contributed by atoms with E-state index in [0.29, 0.717) is 0 Å². The first-order valence-corrected chi connectivity index (χ1v) is 5.41. The molecule has 0 amide bonds. The topological polar surface area (TPSA) is 80.7 Å². The fraction of sp³-hybridized carbons (Fsp3) is 0.833. The van der Waals surface area contributed by atoms with Crippen LogP contribution >= 0.6 is 0 Å². The molecular weight excluding hydrogens is 184 g/mol. The molecule has 0 aliphatic rings. The Balaban J connectivity index is 3.65. The predicted octanol–water partition coefficient (Wildman–Crippen LogP) is -0.479. The van der Waals surface area contributed by atoms with Gasteiger partial charge in [0.2, 0.25) is 0 Å². The van der Waals surface area contributed by atoms with E-state index in [-0.39, 0.29) is 12.4 Å². The second-order valence-corrected chi connectivity index (χ2v) is 4.74. The third kappa shape index (κ3) is 6.11. The van der Waals surface area contributed by atoms with Gasteiger partial charge in [-0.15, -0.1) is 0 Å². The van der Waals surface area contributed by atoms with Crippen LogP contribution in [-0.2, 0) is 19.4 Å². The quantitative estimate of drug-likeness (QED) is 0.642. The number of rotatable bonds is 5. The van der Waals surface area contributed by atoms with Crippen molar-refractivity contribution < 1.29 is 23.1 Å². The van der Waals surface area contributed by atoms with Gasteiger partial charge in [0.15, 0.2) is 6.10 Å². The van der Waals surface area contributed by atoms with Crippen molar-refractivity contribution in [1.29, 1.82) is 0 Å².